The number of hydrogen-bond acceptors (Lipinski definition) is 3. The molecule has 1 aromatic carbocycles. The van der Waals surface area contributed by atoms with Gasteiger partial charge in [0, 0.05) is 26.8 Å². The molecule has 1 amide bonds. The molecular weight excluding hydrogens is 278 g/mol. The lowest BCUT2D eigenvalue weighted by atomic mass is 9.91. The molecule has 2 rings (SSSR count). The van der Waals surface area contributed by atoms with Gasteiger partial charge in [-0.2, -0.15) is 0 Å². The second-order valence-electron chi connectivity index (χ2n) is 5.42. The monoisotopic (exact) mass is 298 g/mol. The number of nitrogens with two attached hydrogens (primary N) is 1. The number of nitrogens with zero attached hydrogens (tertiary/aromatic N) is 1. The fourth-order valence-corrected chi connectivity index (χ4v) is 2.52. The van der Waals surface area contributed by atoms with E-state index in [2.05, 4.69) is 0 Å². The lowest BCUT2D eigenvalue weighted by molar-refractivity contribution is -0.133. The molecule has 1 unspecified atom stereocenters. The van der Waals surface area contributed by atoms with Crippen LogP contribution < -0.4 is 5.73 Å². The minimum Gasteiger partial charge on any atom is -0.381 e. The van der Waals surface area contributed by atoms with Crippen molar-refractivity contribution in [2.24, 2.45) is 11.7 Å². The van der Waals surface area contributed by atoms with Gasteiger partial charge in [-0.1, -0.05) is 6.07 Å². The number of carbonyl (C=O) groups excluding carboxylic acids is 1. The number of ether oxygens (including phenoxy) is 1. The number of hydrogen-bond donors (Lipinski definition) is 1. The summed E-state index contributed by atoms with van der Waals surface area (Å²) in [5, 5.41) is 0. The molecule has 1 saturated heterocycles. The lowest BCUT2D eigenvalue weighted by Gasteiger charge is -2.29. The van der Waals surface area contributed by atoms with Gasteiger partial charge in [-0.15, -0.1) is 0 Å². The predicted molar refractivity (Wildman–Crippen MR) is 74.4 cm³/mol. The Morgan fingerprint density at radius 1 is 1.38 bits per heavy atom. The molecule has 116 valence electrons. The number of amides is 1. The largest absolute Gasteiger partial charge is 0.381 e. The van der Waals surface area contributed by atoms with Gasteiger partial charge in [-0.3, -0.25) is 4.79 Å². The number of benzene rings is 1. The molecule has 1 aliphatic heterocycles. The predicted octanol–water partition coefficient (Wildman–Crippen LogP) is 1.68. The zero-order valence-electron chi connectivity index (χ0n) is 12.0. The molecule has 1 aliphatic rings. The first-order valence-corrected chi connectivity index (χ1v) is 7.01. The topological polar surface area (TPSA) is 55.6 Å². The van der Waals surface area contributed by atoms with E-state index < -0.39 is 17.7 Å². The van der Waals surface area contributed by atoms with Crippen LogP contribution in [0.25, 0.3) is 0 Å². The molecule has 0 bridgehead atoms. The van der Waals surface area contributed by atoms with Crippen molar-refractivity contribution in [3.05, 3.63) is 35.4 Å². The Labute approximate surface area is 122 Å². The van der Waals surface area contributed by atoms with Crippen molar-refractivity contribution in [2.75, 3.05) is 20.3 Å². The van der Waals surface area contributed by atoms with Gasteiger partial charge in [0.15, 0.2) is 11.6 Å². The molecule has 0 saturated carbocycles. The highest BCUT2D eigenvalue weighted by Crippen LogP contribution is 2.19. The number of rotatable bonds is 4. The highest BCUT2D eigenvalue weighted by Gasteiger charge is 2.28. The Morgan fingerprint density at radius 3 is 2.67 bits per heavy atom. The smallest absolute Gasteiger partial charge is 0.239 e. The van der Waals surface area contributed by atoms with Crippen molar-refractivity contribution in [3.8, 4) is 0 Å². The van der Waals surface area contributed by atoms with Crippen molar-refractivity contribution in [1.82, 2.24) is 4.90 Å². The Hall–Kier alpha value is -1.53. The molecule has 1 fully saturated rings. The summed E-state index contributed by atoms with van der Waals surface area (Å²) in [5.74, 6) is -1.89. The highest BCUT2D eigenvalue weighted by molar-refractivity contribution is 5.81. The summed E-state index contributed by atoms with van der Waals surface area (Å²) in [6.07, 6.45) is 1.54. The van der Waals surface area contributed by atoms with E-state index in [-0.39, 0.29) is 18.4 Å². The maximum atomic E-state index is 13.2. The third-order valence-electron chi connectivity index (χ3n) is 3.84. The van der Waals surface area contributed by atoms with Crippen molar-refractivity contribution < 1.29 is 18.3 Å². The molecule has 0 aliphatic carbocycles. The van der Waals surface area contributed by atoms with E-state index in [1.807, 2.05) is 0 Å². The third kappa shape index (κ3) is 3.98. The van der Waals surface area contributed by atoms with Crippen molar-refractivity contribution in [3.63, 3.8) is 0 Å². The van der Waals surface area contributed by atoms with Gasteiger partial charge >= 0.3 is 0 Å². The number of halogens is 2. The summed E-state index contributed by atoms with van der Waals surface area (Å²) in [6, 6.07) is 3.03. The number of carbonyl (C=O) groups is 1. The van der Waals surface area contributed by atoms with E-state index in [1.54, 1.807) is 7.05 Å². The van der Waals surface area contributed by atoms with Crippen LogP contribution in [0.3, 0.4) is 0 Å². The first kappa shape index (κ1) is 15.9. The van der Waals surface area contributed by atoms with Gasteiger partial charge in [0.25, 0.3) is 0 Å². The zero-order valence-corrected chi connectivity index (χ0v) is 12.0. The van der Waals surface area contributed by atoms with E-state index in [0.717, 1.165) is 25.0 Å². The average molecular weight is 298 g/mol. The zero-order chi connectivity index (χ0) is 15.4. The quantitative estimate of drug-likeness (QED) is 0.920. The summed E-state index contributed by atoms with van der Waals surface area (Å²) in [7, 11) is 1.61. The maximum Gasteiger partial charge on any atom is 0.239 e. The molecule has 0 radical (unpaired) electrons. The minimum atomic E-state index is -0.915. The van der Waals surface area contributed by atoms with Gasteiger partial charge in [0.1, 0.15) is 0 Å². The molecule has 0 aromatic heterocycles. The molecule has 4 nitrogen and oxygen atoms in total. The fraction of sp³-hybridized carbons (Fsp3) is 0.533. The van der Waals surface area contributed by atoms with Crippen LogP contribution in [-0.2, 0) is 16.1 Å². The lowest BCUT2D eigenvalue weighted by Crippen LogP contribution is -2.47. The van der Waals surface area contributed by atoms with E-state index in [1.165, 1.54) is 11.0 Å². The molecule has 6 heteroatoms. The van der Waals surface area contributed by atoms with Crippen LogP contribution in [0.15, 0.2) is 18.2 Å². The van der Waals surface area contributed by atoms with Crippen LogP contribution in [0.2, 0.25) is 0 Å². The molecule has 1 atom stereocenters. The molecule has 2 N–H and O–H groups in total. The third-order valence-corrected chi connectivity index (χ3v) is 3.84. The van der Waals surface area contributed by atoms with Gasteiger partial charge < -0.3 is 15.4 Å². The maximum absolute atomic E-state index is 13.2. The first-order chi connectivity index (χ1) is 9.99. The van der Waals surface area contributed by atoms with Gasteiger partial charge in [0.05, 0.1) is 6.04 Å². The second kappa shape index (κ2) is 6.95. The Balaban J connectivity index is 1.96. The van der Waals surface area contributed by atoms with Crippen LogP contribution in [0.5, 0.6) is 0 Å². The summed E-state index contributed by atoms with van der Waals surface area (Å²) in [4.78, 5) is 13.7. The van der Waals surface area contributed by atoms with Crippen molar-refractivity contribution in [2.45, 2.75) is 25.4 Å². The van der Waals surface area contributed by atoms with Crippen LogP contribution in [0, 0.1) is 17.6 Å². The summed E-state index contributed by atoms with van der Waals surface area (Å²) >= 11 is 0. The van der Waals surface area contributed by atoms with Crippen LogP contribution in [0.1, 0.15) is 18.4 Å². The first-order valence-electron chi connectivity index (χ1n) is 7.01. The Bertz CT molecular complexity index is 504. The van der Waals surface area contributed by atoms with Crippen LogP contribution in [-0.4, -0.2) is 37.1 Å². The summed E-state index contributed by atoms with van der Waals surface area (Å²) in [6.45, 7) is 1.45. The normalized spacial score (nSPS) is 17.5. The van der Waals surface area contributed by atoms with Gasteiger partial charge in [0.2, 0.25) is 5.91 Å². The Kier molecular flexibility index (Phi) is 5.25. The number of likely N-dealkylation sites (N-methyl/N-ethyl adjacent to an activating group) is 1. The molecule has 1 heterocycles. The Morgan fingerprint density at radius 2 is 2.05 bits per heavy atom. The SMILES string of the molecule is CN(Cc1ccc(F)c(F)c1)C(=O)C(N)C1CCOCC1. The van der Waals surface area contributed by atoms with Crippen molar-refractivity contribution in [1.29, 1.82) is 0 Å². The van der Waals surface area contributed by atoms with E-state index >= 15 is 0 Å². The second-order valence-corrected chi connectivity index (χ2v) is 5.42. The standard InChI is InChI=1S/C15H20F2N2O2/c1-19(9-10-2-3-12(16)13(17)8-10)15(20)14(18)11-4-6-21-7-5-11/h2-3,8,11,14H,4-7,9,18H2,1H3. The average Bonchev–Trinajstić information content (AvgIpc) is 2.50. The summed E-state index contributed by atoms with van der Waals surface area (Å²) < 4.78 is 31.3. The molecule has 21 heavy (non-hydrogen) atoms. The minimum absolute atomic E-state index is 0.110. The molecule has 1 aromatic rings. The van der Waals surface area contributed by atoms with Gasteiger partial charge in [-0.25, -0.2) is 8.78 Å². The fourth-order valence-electron chi connectivity index (χ4n) is 2.52. The van der Waals surface area contributed by atoms with Crippen LogP contribution >= 0.6 is 0 Å². The van der Waals surface area contributed by atoms with Crippen LogP contribution in [0.4, 0.5) is 8.78 Å². The van der Waals surface area contributed by atoms with E-state index in [0.29, 0.717) is 18.8 Å². The van der Waals surface area contributed by atoms with E-state index in [9.17, 15) is 13.6 Å². The molecular formula is C15H20F2N2O2. The molecule has 0 spiro atoms. The highest BCUT2D eigenvalue weighted by atomic mass is 19.2. The summed E-state index contributed by atoms with van der Waals surface area (Å²) in [5.41, 5.74) is 6.55. The van der Waals surface area contributed by atoms with E-state index in [4.69, 9.17) is 10.5 Å². The van der Waals surface area contributed by atoms with Gasteiger partial charge in [-0.05, 0) is 36.5 Å². The van der Waals surface area contributed by atoms with Crippen molar-refractivity contribution >= 4 is 5.91 Å².